The third kappa shape index (κ3) is 2.93. The van der Waals surface area contributed by atoms with E-state index in [9.17, 15) is 4.79 Å². The molecule has 1 aromatic rings. The van der Waals surface area contributed by atoms with Crippen molar-refractivity contribution < 1.29 is 19.0 Å². The molecule has 1 aliphatic heterocycles. The number of benzene rings is 1. The molecule has 0 saturated heterocycles. The van der Waals surface area contributed by atoms with Gasteiger partial charge in [0, 0.05) is 6.04 Å². The van der Waals surface area contributed by atoms with Gasteiger partial charge in [0.15, 0.2) is 11.5 Å². The lowest BCUT2D eigenvalue weighted by Gasteiger charge is -2.20. The first-order valence-corrected chi connectivity index (χ1v) is 6.33. The van der Waals surface area contributed by atoms with Crippen molar-refractivity contribution in [3.05, 3.63) is 22.7 Å². The van der Waals surface area contributed by atoms with Crippen LogP contribution in [0, 0.1) is 0 Å². The van der Waals surface area contributed by atoms with Crippen LogP contribution in [0.25, 0.3) is 0 Å². The van der Waals surface area contributed by atoms with E-state index in [0.29, 0.717) is 22.1 Å². The normalized spacial score (nSPS) is 14.6. The maximum Gasteiger partial charge on any atom is 0.327 e. The van der Waals surface area contributed by atoms with Gasteiger partial charge in [-0.2, -0.15) is 0 Å². The maximum absolute atomic E-state index is 11.9. The van der Waals surface area contributed by atoms with Gasteiger partial charge in [-0.1, -0.05) is 11.6 Å². The van der Waals surface area contributed by atoms with Crippen molar-refractivity contribution in [3.8, 4) is 11.5 Å². The summed E-state index contributed by atoms with van der Waals surface area (Å²) in [4.78, 5) is 11.9. The molecule has 0 amide bonds. The van der Waals surface area contributed by atoms with Crippen molar-refractivity contribution in [1.82, 2.24) is 5.32 Å². The SMILES string of the molecule is COC(=O)C(NC(C)C)c1cc(Cl)c2c(c1)OCO2. The van der Waals surface area contributed by atoms with E-state index in [0.717, 1.165) is 0 Å². The average Bonchev–Trinajstić information content (AvgIpc) is 2.83. The zero-order chi connectivity index (χ0) is 14.0. The molecule has 19 heavy (non-hydrogen) atoms. The Morgan fingerprint density at radius 2 is 2.16 bits per heavy atom. The molecule has 1 N–H and O–H groups in total. The first kappa shape index (κ1) is 14.0. The molecule has 1 atom stereocenters. The van der Waals surface area contributed by atoms with Gasteiger partial charge in [-0.15, -0.1) is 0 Å². The van der Waals surface area contributed by atoms with Gasteiger partial charge in [0.25, 0.3) is 0 Å². The summed E-state index contributed by atoms with van der Waals surface area (Å²) in [5.41, 5.74) is 0.690. The maximum atomic E-state index is 11.9. The lowest BCUT2D eigenvalue weighted by Crippen LogP contribution is -2.34. The van der Waals surface area contributed by atoms with Crippen LogP contribution >= 0.6 is 11.6 Å². The Bertz CT molecular complexity index is 490. The Morgan fingerprint density at radius 1 is 1.42 bits per heavy atom. The third-order valence-corrected chi connectivity index (χ3v) is 3.00. The molecule has 0 saturated carbocycles. The smallest absolute Gasteiger partial charge is 0.327 e. The van der Waals surface area contributed by atoms with Gasteiger partial charge in [0.1, 0.15) is 6.04 Å². The van der Waals surface area contributed by atoms with Crippen LogP contribution in [0.15, 0.2) is 12.1 Å². The van der Waals surface area contributed by atoms with Crippen molar-refractivity contribution in [2.75, 3.05) is 13.9 Å². The van der Waals surface area contributed by atoms with Crippen molar-refractivity contribution in [2.45, 2.75) is 25.9 Å². The topological polar surface area (TPSA) is 56.8 Å². The fraction of sp³-hybridized carbons (Fsp3) is 0.462. The minimum absolute atomic E-state index is 0.119. The van der Waals surface area contributed by atoms with Crippen molar-refractivity contribution in [1.29, 1.82) is 0 Å². The Morgan fingerprint density at radius 3 is 2.79 bits per heavy atom. The van der Waals surface area contributed by atoms with Gasteiger partial charge in [-0.05, 0) is 31.5 Å². The van der Waals surface area contributed by atoms with Gasteiger partial charge in [-0.25, -0.2) is 4.79 Å². The summed E-state index contributed by atoms with van der Waals surface area (Å²) in [6.07, 6.45) is 0. The fourth-order valence-corrected chi connectivity index (χ4v) is 2.18. The van der Waals surface area contributed by atoms with E-state index in [-0.39, 0.29) is 18.8 Å². The molecular formula is C13H16ClNO4. The number of methoxy groups -OCH3 is 1. The summed E-state index contributed by atoms with van der Waals surface area (Å²) < 4.78 is 15.4. The number of esters is 1. The minimum atomic E-state index is -0.586. The molecule has 104 valence electrons. The summed E-state index contributed by atoms with van der Waals surface area (Å²) in [7, 11) is 1.35. The molecule has 1 unspecified atom stereocenters. The number of hydrogen-bond acceptors (Lipinski definition) is 5. The van der Waals surface area contributed by atoms with E-state index in [1.165, 1.54) is 7.11 Å². The van der Waals surface area contributed by atoms with Gasteiger partial charge < -0.3 is 14.2 Å². The standard InChI is InChI=1S/C13H16ClNO4/c1-7(2)15-11(13(16)17-3)8-4-9(14)12-10(5-8)18-6-19-12/h4-5,7,11,15H,6H2,1-3H3. The summed E-state index contributed by atoms with van der Waals surface area (Å²) in [6.45, 7) is 4.04. The second-order valence-electron chi connectivity index (χ2n) is 4.51. The van der Waals surface area contributed by atoms with Gasteiger partial charge in [0.2, 0.25) is 6.79 Å². The highest BCUT2D eigenvalue weighted by atomic mass is 35.5. The van der Waals surface area contributed by atoms with Crippen molar-refractivity contribution >= 4 is 17.6 Å². The zero-order valence-corrected chi connectivity index (χ0v) is 11.8. The van der Waals surface area contributed by atoms with Crippen LogP contribution in [0.5, 0.6) is 11.5 Å². The summed E-state index contributed by atoms with van der Waals surface area (Å²) in [6, 6.07) is 2.96. The van der Waals surface area contributed by atoms with Crippen molar-refractivity contribution in [3.63, 3.8) is 0 Å². The predicted octanol–water partition coefficient (Wildman–Crippen LogP) is 2.28. The second-order valence-corrected chi connectivity index (χ2v) is 4.92. The number of ether oxygens (including phenoxy) is 3. The second kappa shape index (κ2) is 5.67. The Hall–Kier alpha value is -1.46. The number of halogens is 1. The Kier molecular flexibility index (Phi) is 4.17. The third-order valence-electron chi connectivity index (χ3n) is 2.72. The number of rotatable bonds is 4. The first-order chi connectivity index (χ1) is 9.02. The van der Waals surface area contributed by atoms with Crippen LogP contribution in [0.2, 0.25) is 5.02 Å². The zero-order valence-electron chi connectivity index (χ0n) is 11.0. The lowest BCUT2D eigenvalue weighted by atomic mass is 10.1. The molecule has 2 rings (SSSR count). The van der Waals surface area contributed by atoms with Crippen LogP contribution in [0.1, 0.15) is 25.5 Å². The van der Waals surface area contributed by atoms with Crippen LogP contribution in [-0.2, 0) is 9.53 Å². The average molecular weight is 286 g/mol. The Labute approximate surface area is 116 Å². The van der Waals surface area contributed by atoms with Gasteiger partial charge in [0.05, 0.1) is 12.1 Å². The van der Waals surface area contributed by atoms with E-state index in [2.05, 4.69) is 5.32 Å². The monoisotopic (exact) mass is 285 g/mol. The molecule has 0 radical (unpaired) electrons. The molecule has 0 fully saturated rings. The van der Waals surface area contributed by atoms with E-state index in [4.69, 9.17) is 25.8 Å². The molecule has 0 spiro atoms. The minimum Gasteiger partial charge on any atom is -0.468 e. The number of hydrogen-bond donors (Lipinski definition) is 1. The molecule has 0 aliphatic carbocycles. The van der Waals surface area contributed by atoms with Crippen LogP contribution in [0.4, 0.5) is 0 Å². The van der Waals surface area contributed by atoms with E-state index in [1.54, 1.807) is 12.1 Å². The number of carbonyl (C=O) groups is 1. The molecule has 6 heteroatoms. The summed E-state index contributed by atoms with van der Waals surface area (Å²) in [5, 5.41) is 3.56. The highest BCUT2D eigenvalue weighted by molar-refractivity contribution is 6.32. The van der Waals surface area contributed by atoms with E-state index < -0.39 is 6.04 Å². The number of nitrogens with one attached hydrogen (secondary N) is 1. The molecule has 0 aromatic heterocycles. The quantitative estimate of drug-likeness (QED) is 0.860. The highest BCUT2D eigenvalue weighted by Crippen LogP contribution is 2.41. The summed E-state index contributed by atoms with van der Waals surface area (Å²) >= 11 is 6.12. The van der Waals surface area contributed by atoms with Crippen LogP contribution in [0.3, 0.4) is 0 Å². The Balaban J connectivity index is 2.36. The fourth-order valence-electron chi connectivity index (χ4n) is 1.91. The van der Waals surface area contributed by atoms with Crippen LogP contribution in [-0.4, -0.2) is 25.9 Å². The lowest BCUT2D eigenvalue weighted by molar-refractivity contribution is -0.143. The van der Waals surface area contributed by atoms with Crippen LogP contribution < -0.4 is 14.8 Å². The van der Waals surface area contributed by atoms with Crippen molar-refractivity contribution in [2.24, 2.45) is 0 Å². The molecule has 1 aromatic carbocycles. The van der Waals surface area contributed by atoms with Gasteiger partial charge in [-0.3, -0.25) is 5.32 Å². The van der Waals surface area contributed by atoms with E-state index >= 15 is 0 Å². The molecule has 0 bridgehead atoms. The predicted molar refractivity (Wildman–Crippen MR) is 70.6 cm³/mol. The molecule has 5 nitrogen and oxygen atoms in total. The first-order valence-electron chi connectivity index (χ1n) is 5.96. The van der Waals surface area contributed by atoms with E-state index in [1.807, 2.05) is 13.8 Å². The van der Waals surface area contributed by atoms with Gasteiger partial charge >= 0.3 is 5.97 Å². The highest BCUT2D eigenvalue weighted by Gasteiger charge is 2.26. The largest absolute Gasteiger partial charge is 0.468 e. The molecule has 1 aliphatic rings. The molecule has 1 heterocycles. The molecular weight excluding hydrogens is 270 g/mol. The number of carbonyl (C=O) groups excluding carboxylic acids is 1. The summed E-state index contributed by atoms with van der Waals surface area (Å²) in [5.74, 6) is 0.684. The number of fused-ring (bicyclic) bond motifs is 1.